The van der Waals surface area contributed by atoms with E-state index in [0.717, 1.165) is 25.7 Å². The minimum atomic E-state index is -4.74. The van der Waals surface area contributed by atoms with E-state index in [-0.39, 0.29) is 41.4 Å². The number of carbonyl (C=O) groups excluding carboxylic acids is 1. The highest BCUT2D eigenvalue weighted by Crippen LogP contribution is 2.51. The Morgan fingerprint density at radius 3 is 2.52 bits per heavy atom. The molecule has 0 saturated heterocycles. The van der Waals surface area contributed by atoms with E-state index in [1.807, 2.05) is 0 Å². The van der Waals surface area contributed by atoms with E-state index in [1.165, 1.54) is 12.1 Å². The fraction of sp³-hybridized carbons (Fsp3) is 0.588. The molecule has 1 amide bonds. The minimum Gasteiger partial charge on any atom is -0.405 e. The average molecular weight is 379 g/mol. The van der Waals surface area contributed by atoms with Gasteiger partial charge in [-0.05, 0) is 36.8 Å². The normalized spacial score (nSPS) is 24.3. The molecule has 3 N–H and O–H groups in total. The van der Waals surface area contributed by atoms with Gasteiger partial charge >= 0.3 is 6.36 Å². The van der Waals surface area contributed by atoms with Crippen LogP contribution >= 0.6 is 12.4 Å². The number of nitrogens with one attached hydrogen (secondary N) is 1. The maximum atomic E-state index is 12.5. The third kappa shape index (κ3) is 4.58. The number of halogens is 4. The lowest BCUT2D eigenvalue weighted by Gasteiger charge is -2.28. The molecular weight excluding hydrogens is 357 g/mol. The summed E-state index contributed by atoms with van der Waals surface area (Å²) in [5.74, 6) is -0.888. The van der Waals surface area contributed by atoms with Crippen molar-refractivity contribution in [2.45, 2.75) is 49.9 Å². The summed E-state index contributed by atoms with van der Waals surface area (Å²) in [7, 11) is 0. The Hall–Kier alpha value is -1.47. The predicted octanol–water partition coefficient (Wildman–Crippen LogP) is 3.50. The molecule has 4 nitrogen and oxygen atoms in total. The van der Waals surface area contributed by atoms with Gasteiger partial charge in [0.2, 0.25) is 5.91 Å². The maximum Gasteiger partial charge on any atom is 0.573 e. The van der Waals surface area contributed by atoms with Crippen LogP contribution in [-0.4, -0.2) is 24.4 Å². The van der Waals surface area contributed by atoms with Crippen LogP contribution in [0.1, 0.15) is 43.6 Å². The number of nitrogens with two attached hydrogens (primary N) is 1. The standard InChI is InChI=1S/C17H21F3N2O2.ClH/c18-17(19,20)24-14-6-2-1-5-11(14)12-9-13(12)15(23)22-16(10-21)7-3-4-8-16;/h1-2,5-6,12-13H,3-4,7-10,21H2,(H,22,23);1H. The van der Waals surface area contributed by atoms with Gasteiger partial charge in [-0.15, -0.1) is 25.6 Å². The van der Waals surface area contributed by atoms with Crippen molar-refractivity contribution in [3.8, 4) is 5.75 Å². The lowest BCUT2D eigenvalue weighted by molar-refractivity contribution is -0.274. The Bertz CT molecular complexity index is 618. The fourth-order valence-electron chi connectivity index (χ4n) is 3.62. The van der Waals surface area contributed by atoms with Gasteiger partial charge in [0, 0.05) is 12.5 Å². The van der Waals surface area contributed by atoms with Crippen molar-refractivity contribution in [3.05, 3.63) is 29.8 Å². The number of amides is 1. The zero-order valence-corrected chi connectivity index (χ0v) is 14.5. The van der Waals surface area contributed by atoms with Gasteiger partial charge in [-0.1, -0.05) is 31.0 Å². The molecule has 0 heterocycles. The van der Waals surface area contributed by atoms with Crippen LogP contribution in [-0.2, 0) is 4.79 Å². The number of hydrogen-bond donors (Lipinski definition) is 2. The zero-order chi connectivity index (χ0) is 17.4. The van der Waals surface area contributed by atoms with Crippen molar-refractivity contribution in [1.29, 1.82) is 0 Å². The molecule has 2 atom stereocenters. The van der Waals surface area contributed by atoms with E-state index in [1.54, 1.807) is 12.1 Å². The number of hydrogen-bond acceptors (Lipinski definition) is 3. The maximum absolute atomic E-state index is 12.5. The molecule has 2 unspecified atom stereocenters. The number of alkyl halides is 3. The second kappa shape index (κ2) is 7.41. The highest BCUT2D eigenvalue weighted by Gasteiger charge is 2.48. The number of rotatable bonds is 5. The third-order valence-corrected chi connectivity index (χ3v) is 5.01. The number of ether oxygens (including phenoxy) is 1. The molecule has 2 aliphatic rings. The average Bonchev–Trinajstić information content (AvgIpc) is 3.18. The van der Waals surface area contributed by atoms with E-state index in [2.05, 4.69) is 10.1 Å². The second-order valence-electron chi connectivity index (χ2n) is 6.72. The fourth-order valence-corrected chi connectivity index (χ4v) is 3.62. The van der Waals surface area contributed by atoms with Gasteiger partial charge in [0.15, 0.2) is 0 Å². The van der Waals surface area contributed by atoms with Gasteiger partial charge in [-0.25, -0.2) is 0 Å². The van der Waals surface area contributed by atoms with Crippen LogP contribution in [0.3, 0.4) is 0 Å². The third-order valence-electron chi connectivity index (χ3n) is 5.01. The minimum absolute atomic E-state index is 0. The molecule has 3 rings (SSSR count). The van der Waals surface area contributed by atoms with Gasteiger partial charge in [0.25, 0.3) is 0 Å². The molecule has 25 heavy (non-hydrogen) atoms. The van der Waals surface area contributed by atoms with Gasteiger partial charge < -0.3 is 15.8 Å². The summed E-state index contributed by atoms with van der Waals surface area (Å²) >= 11 is 0. The van der Waals surface area contributed by atoms with Crippen molar-refractivity contribution < 1.29 is 22.7 Å². The largest absolute Gasteiger partial charge is 0.573 e. The van der Waals surface area contributed by atoms with Crippen LogP contribution < -0.4 is 15.8 Å². The van der Waals surface area contributed by atoms with Crippen LogP contribution in [0.4, 0.5) is 13.2 Å². The first-order valence-corrected chi connectivity index (χ1v) is 8.20. The van der Waals surface area contributed by atoms with Gasteiger partial charge in [-0.3, -0.25) is 4.79 Å². The summed E-state index contributed by atoms with van der Waals surface area (Å²) in [6.45, 7) is 0.393. The molecule has 2 aliphatic carbocycles. The molecule has 0 aliphatic heterocycles. The monoisotopic (exact) mass is 378 g/mol. The van der Waals surface area contributed by atoms with Crippen LogP contribution in [0.5, 0.6) is 5.75 Å². The van der Waals surface area contributed by atoms with Crippen LogP contribution in [0.15, 0.2) is 24.3 Å². The summed E-state index contributed by atoms with van der Waals surface area (Å²) < 4.78 is 41.6. The van der Waals surface area contributed by atoms with Crippen molar-refractivity contribution >= 4 is 18.3 Å². The second-order valence-corrected chi connectivity index (χ2v) is 6.72. The Balaban J connectivity index is 0.00000225. The lowest BCUT2D eigenvalue weighted by atomic mass is 9.97. The highest BCUT2D eigenvalue weighted by atomic mass is 35.5. The summed E-state index contributed by atoms with van der Waals surface area (Å²) in [4.78, 5) is 12.5. The van der Waals surface area contributed by atoms with E-state index >= 15 is 0 Å². The van der Waals surface area contributed by atoms with Crippen LogP contribution in [0.2, 0.25) is 0 Å². The summed E-state index contributed by atoms with van der Waals surface area (Å²) in [5, 5.41) is 3.04. The first kappa shape index (κ1) is 19.8. The Labute approximate surface area is 150 Å². The van der Waals surface area contributed by atoms with Crippen LogP contribution in [0.25, 0.3) is 0 Å². The number of para-hydroxylation sites is 1. The van der Waals surface area contributed by atoms with Crippen LogP contribution in [0, 0.1) is 5.92 Å². The molecule has 1 aromatic rings. The van der Waals surface area contributed by atoms with Crippen molar-refractivity contribution in [1.82, 2.24) is 5.32 Å². The summed E-state index contributed by atoms with van der Waals surface area (Å²) in [6, 6.07) is 6.02. The van der Waals surface area contributed by atoms with Crippen molar-refractivity contribution in [2.75, 3.05) is 6.54 Å². The van der Waals surface area contributed by atoms with Crippen molar-refractivity contribution in [2.24, 2.45) is 11.7 Å². The molecule has 140 valence electrons. The molecule has 0 spiro atoms. The number of carbonyl (C=O) groups is 1. The first-order chi connectivity index (χ1) is 11.3. The molecule has 1 aromatic carbocycles. The summed E-state index contributed by atoms with van der Waals surface area (Å²) in [5.41, 5.74) is 5.91. The molecule has 0 bridgehead atoms. The Kier molecular flexibility index (Phi) is 5.89. The van der Waals surface area contributed by atoms with E-state index in [4.69, 9.17) is 5.73 Å². The van der Waals surface area contributed by atoms with Gasteiger partial charge in [0.05, 0.1) is 5.54 Å². The van der Waals surface area contributed by atoms with Gasteiger partial charge in [0.1, 0.15) is 5.75 Å². The molecule has 2 saturated carbocycles. The van der Waals surface area contributed by atoms with E-state index in [9.17, 15) is 18.0 Å². The first-order valence-electron chi connectivity index (χ1n) is 8.20. The molecule has 0 radical (unpaired) electrons. The SMILES string of the molecule is Cl.NCC1(NC(=O)C2CC2c2ccccc2OC(F)(F)F)CCCC1. The topological polar surface area (TPSA) is 64.3 Å². The predicted molar refractivity (Wildman–Crippen MR) is 89.6 cm³/mol. The molecular formula is C17H22ClF3N2O2. The van der Waals surface area contributed by atoms with E-state index in [0.29, 0.717) is 18.5 Å². The lowest BCUT2D eigenvalue weighted by Crippen LogP contribution is -2.52. The Morgan fingerprint density at radius 2 is 1.92 bits per heavy atom. The number of benzene rings is 1. The smallest absolute Gasteiger partial charge is 0.405 e. The van der Waals surface area contributed by atoms with E-state index < -0.39 is 6.36 Å². The van der Waals surface area contributed by atoms with Gasteiger partial charge in [-0.2, -0.15) is 0 Å². The quantitative estimate of drug-likeness (QED) is 0.824. The Morgan fingerprint density at radius 1 is 1.28 bits per heavy atom. The molecule has 2 fully saturated rings. The molecule has 0 aromatic heterocycles. The highest BCUT2D eigenvalue weighted by molar-refractivity contribution is 5.85. The van der Waals surface area contributed by atoms with Crippen molar-refractivity contribution in [3.63, 3.8) is 0 Å². The summed E-state index contributed by atoms with van der Waals surface area (Å²) in [6.07, 6.45) is -0.413. The zero-order valence-electron chi connectivity index (χ0n) is 13.6. The molecule has 8 heteroatoms.